The highest BCUT2D eigenvalue weighted by atomic mass is 14.9. The van der Waals surface area contributed by atoms with E-state index in [4.69, 9.17) is 5.73 Å². The Morgan fingerprint density at radius 3 is 2.30 bits per heavy atom. The third-order valence-corrected chi connectivity index (χ3v) is 2.99. The van der Waals surface area contributed by atoms with Gasteiger partial charge in [-0.1, -0.05) is 43.0 Å². The molecule has 0 spiro atoms. The van der Waals surface area contributed by atoms with E-state index in [2.05, 4.69) is 41.5 Å². The smallest absolute Gasteiger partial charge is 0.0208 e. The summed E-state index contributed by atoms with van der Waals surface area (Å²) in [5.41, 5.74) is 9.17. The van der Waals surface area contributed by atoms with Crippen molar-refractivity contribution in [1.29, 1.82) is 0 Å². The molecule has 0 aromatic heterocycles. The monoisotopic (exact) mass is 273 g/mol. The zero-order valence-corrected chi connectivity index (χ0v) is 12.5. The number of hydrogen-bond acceptors (Lipinski definition) is 3. The summed E-state index contributed by atoms with van der Waals surface area (Å²) in [6.45, 7) is 10.3. The Morgan fingerprint density at radius 2 is 1.75 bits per heavy atom. The van der Waals surface area contributed by atoms with Crippen molar-refractivity contribution in [1.82, 2.24) is 10.6 Å². The minimum absolute atomic E-state index is 0.746. The van der Waals surface area contributed by atoms with E-state index in [1.807, 2.05) is 19.1 Å². The van der Waals surface area contributed by atoms with Crippen LogP contribution in [0.15, 0.2) is 48.6 Å². The van der Waals surface area contributed by atoms with Crippen LogP contribution in [0.2, 0.25) is 0 Å². The molecule has 1 rings (SSSR count). The van der Waals surface area contributed by atoms with Crippen LogP contribution in [0.1, 0.15) is 24.5 Å². The normalized spacial score (nSPS) is 11.1. The van der Waals surface area contributed by atoms with Crippen molar-refractivity contribution in [3.8, 4) is 0 Å². The van der Waals surface area contributed by atoms with Crippen LogP contribution in [0.4, 0.5) is 0 Å². The molecule has 0 atom stereocenters. The van der Waals surface area contributed by atoms with Gasteiger partial charge in [-0.05, 0) is 43.1 Å². The van der Waals surface area contributed by atoms with Crippen molar-refractivity contribution in [3.63, 3.8) is 0 Å². The van der Waals surface area contributed by atoms with Crippen LogP contribution in [0.25, 0.3) is 0 Å². The lowest BCUT2D eigenvalue weighted by atomic mass is 10.1. The van der Waals surface area contributed by atoms with Gasteiger partial charge in [-0.25, -0.2) is 0 Å². The summed E-state index contributed by atoms with van der Waals surface area (Å²) in [4.78, 5) is 0. The molecule has 0 bridgehead atoms. The number of hydrogen-bond donors (Lipinski definition) is 3. The van der Waals surface area contributed by atoms with Crippen molar-refractivity contribution in [2.45, 2.75) is 26.4 Å². The first kappa shape index (κ1) is 16.6. The van der Waals surface area contributed by atoms with Gasteiger partial charge in [0, 0.05) is 19.6 Å². The molecule has 1 aromatic carbocycles. The minimum Gasteiger partial charge on any atom is -0.330 e. The summed E-state index contributed by atoms with van der Waals surface area (Å²) < 4.78 is 0. The van der Waals surface area contributed by atoms with E-state index in [0.717, 1.165) is 44.7 Å². The first-order valence-corrected chi connectivity index (χ1v) is 7.26. The van der Waals surface area contributed by atoms with E-state index in [-0.39, 0.29) is 0 Å². The summed E-state index contributed by atoms with van der Waals surface area (Å²) >= 11 is 0. The van der Waals surface area contributed by atoms with Gasteiger partial charge in [-0.3, -0.25) is 0 Å². The average molecular weight is 273 g/mol. The lowest BCUT2D eigenvalue weighted by molar-refractivity contribution is 0.655. The van der Waals surface area contributed by atoms with Crippen molar-refractivity contribution in [2.75, 3.05) is 19.6 Å². The summed E-state index contributed by atoms with van der Waals surface area (Å²) in [5.74, 6) is 0. The molecular formula is C17H27N3. The van der Waals surface area contributed by atoms with Crippen molar-refractivity contribution < 1.29 is 0 Å². The van der Waals surface area contributed by atoms with Crippen LogP contribution in [0.5, 0.6) is 0 Å². The molecule has 0 aliphatic carbocycles. The SMILES string of the molecule is C=C(/C=C\C)CNCc1ccc(CNCCCN)cc1. The maximum Gasteiger partial charge on any atom is 0.0208 e. The first-order chi connectivity index (χ1) is 9.76. The molecule has 1 aromatic rings. The molecule has 0 aliphatic rings. The highest BCUT2D eigenvalue weighted by Gasteiger charge is 1.95. The standard InChI is InChI=1S/C17H27N3/c1-3-5-15(2)12-20-14-17-8-6-16(7-9-17)13-19-11-4-10-18/h3,5-9,19-20H,2,4,10-14,18H2,1H3/b5-3-. The molecule has 3 nitrogen and oxygen atoms in total. The van der Waals surface area contributed by atoms with Gasteiger partial charge in [0.15, 0.2) is 0 Å². The van der Waals surface area contributed by atoms with Gasteiger partial charge in [-0.2, -0.15) is 0 Å². The quantitative estimate of drug-likeness (QED) is 0.453. The maximum atomic E-state index is 5.46. The Bertz CT molecular complexity index is 407. The van der Waals surface area contributed by atoms with E-state index >= 15 is 0 Å². The van der Waals surface area contributed by atoms with Crippen molar-refractivity contribution >= 4 is 0 Å². The Hall–Kier alpha value is -1.42. The highest BCUT2D eigenvalue weighted by Crippen LogP contribution is 2.04. The van der Waals surface area contributed by atoms with Crippen molar-refractivity contribution in [2.24, 2.45) is 5.73 Å². The van der Waals surface area contributed by atoms with Gasteiger partial charge in [0.25, 0.3) is 0 Å². The number of nitrogens with two attached hydrogens (primary N) is 1. The fourth-order valence-electron chi connectivity index (χ4n) is 1.90. The van der Waals surface area contributed by atoms with Gasteiger partial charge >= 0.3 is 0 Å². The van der Waals surface area contributed by atoms with E-state index in [0.29, 0.717) is 0 Å². The molecule has 0 fully saturated rings. The number of benzene rings is 1. The summed E-state index contributed by atoms with van der Waals surface area (Å²) in [6.07, 6.45) is 5.07. The molecule has 0 radical (unpaired) electrons. The fourth-order valence-corrected chi connectivity index (χ4v) is 1.90. The zero-order valence-electron chi connectivity index (χ0n) is 12.5. The van der Waals surface area contributed by atoms with Gasteiger partial charge in [0.2, 0.25) is 0 Å². The fraction of sp³-hybridized carbons (Fsp3) is 0.412. The largest absolute Gasteiger partial charge is 0.330 e. The topological polar surface area (TPSA) is 50.1 Å². The van der Waals surface area contributed by atoms with Gasteiger partial charge in [-0.15, -0.1) is 0 Å². The molecule has 3 heteroatoms. The average Bonchev–Trinajstić information content (AvgIpc) is 2.45. The lowest BCUT2D eigenvalue weighted by Gasteiger charge is -2.07. The summed E-state index contributed by atoms with van der Waals surface area (Å²) in [6, 6.07) is 8.69. The molecule has 0 heterocycles. The molecule has 0 saturated carbocycles. The zero-order chi connectivity index (χ0) is 14.6. The lowest BCUT2D eigenvalue weighted by Crippen LogP contribution is -2.18. The van der Waals surface area contributed by atoms with Gasteiger partial charge < -0.3 is 16.4 Å². The highest BCUT2D eigenvalue weighted by molar-refractivity contribution is 5.23. The molecule has 0 amide bonds. The third kappa shape index (κ3) is 7.24. The molecule has 4 N–H and O–H groups in total. The summed E-state index contributed by atoms with van der Waals surface area (Å²) in [5, 5.41) is 6.76. The second kappa shape index (κ2) is 10.4. The van der Waals surface area contributed by atoms with E-state index in [1.165, 1.54) is 11.1 Å². The van der Waals surface area contributed by atoms with Crippen LogP contribution in [-0.2, 0) is 13.1 Å². The maximum absolute atomic E-state index is 5.46. The number of allylic oxidation sites excluding steroid dienone is 1. The Labute approximate surface area is 123 Å². The van der Waals surface area contributed by atoms with Crippen LogP contribution in [0, 0.1) is 0 Å². The molecule has 110 valence electrons. The Kier molecular flexibility index (Phi) is 8.63. The van der Waals surface area contributed by atoms with E-state index in [1.54, 1.807) is 0 Å². The molecule has 20 heavy (non-hydrogen) atoms. The molecule has 0 unspecified atom stereocenters. The Balaban J connectivity index is 2.26. The van der Waals surface area contributed by atoms with Crippen molar-refractivity contribution in [3.05, 3.63) is 59.7 Å². The number of rotatable bonds is 10. The summed E-state index contributed by atoms with van der Waals surface area (Å²) in [7, 11) is 0. The van der Waals surface area contributed by atoms with Crippen LogP contribution in [0.3, 0.4) is 0 Å². The number of nitrogens with one attached hydrogen (secondary N) is 2. The molecule has 0 aliphatic heterocycles. The third-order valence-electron chi connectivity index (χ3n) is 2.99. The van der Waals surface area contributed by atoms with Gasteiger partial charge in [0.1, 0.15) is 0 Å². The predicted octanol–water partition coefficient (Wildman–Crippen LogP) is 2.35. The Morgan fingerprint density at radius 1 is 1.15 bits per heavy atom. The van der Waals surface area contributed by atoms with Crippen LogP contribution in [-0.4, -0.2) is 19.6 Å². The van der Waals surface area contributed by atoms with Crippen LogP contribution < -0.4 is 16.4 Å². The first-order valence-electron chi connectivity index (χ1n) is 7.26. The van der Waals surface area contributed by atoms with Crippen LogP contribution >= 0.6 is 0 Å². The van der Waals surface area contributed by atoms with E-state index in [9.17, 15) is 0 Å². The second-order valence-corrected chi connectivity index (χ2v) is 4.90. The van der Waals surface area contributed by atoms with Gasteiger partial charge in [0.05, 0.1) is 0 Å². The minimum atomic E-state index is 0.746. The second-order valence-electron chi connectivity index (χ2n) is 4.90. The molecular weight excluding hydrogens is 246 g/mol. The molecule has 0 saturated heterocycles. The van der Waals surface area contributed by atoms with E-state index < -0.39 is 0 Å². The predicted molar refractivity (Wildman–Crippen MR) is 87.5 cm³/mol.